The van der Waals surface area contributed by atoms with Crippen molar-refractivity contribution in [2.75, 3.05) is 10.2 Å². The smallest absolute Gasteiger partial charge is 0.269 e. The summed E-state index contributed by atoms with van der Waals surface area (Å²) in [6.07, 6.45) is 1.63. The molecule has 0 spiro atoms. The van der Waals surface area contributed by atoms with Crippen molar-refractivity contribution in [3.05, 3.63) is 58.0 Å². The van der Waals surface area contributed by atoms with Gasteiger partial charge in [0.25, 0.3) is 5.91 Å². The fourth-order valence-corrected chi connectivity index (χ4v) is 3.76. The van der Waals surface area contributed by atoms with Crippen molar-refractivity contribution in [3.63, 3.8) is 0 Å². The minimum Gasteiger partial charge on any atom is -0.297 e. The number of aromatic nitrogens is 2. The van der Waals surface area contributed by atoms with Crippen molar-refractivity contribution in [2.45, 2.75) is 20.4 Å². The molecule has 2 amide bonds. The van der Waals surface area contributed by atoms with Crippen LogP contribution in [0.1, 0.15) is 27.9 Å². The van der Waals surface area contributed by atoms with Gasteiger partial charge in [-0.2, -0.15) is 0 Å². The normalized spacial score (nSPS) is 10.5. The quantitative estimate of drug-likeness (QED) is 0.741. The van der Waals surface area contributed by atoms with E-state index in [1.807, 2.05) is 30.3 Å². The first-order valence-corrected chi connectivity index (χ1v) is 9.24. The molecule has 0 aliphatic carbocycles. The summed E-state index contributed by atoms with van der Waals surface area (Å²) in [5, 5.41) is 5.58. The molecule has 0 aliphatic heterocycles. The zero-order chi connectivity index (χ0) is 17.8. The molecule has 0 saturated carbocycles. The monoisotopic (exact) mass is 372 g/mol. The third kappa shape index (κ3) is 4.09. The van der Waals surface area contributed by atoms with E-state index in [0.29, 0.717) is 27.4 Å². The first-order valence-electron chi connectivity index (χ1n) is 7.55. The number of anilines is 2. The summed E-state index contributed by atoms with van der Waals surface area (Å²) < 4.78 is 0. The van der Waals surface area contributed by atoms with Crippen LogP contribution in [0.4, 0.5) is 10.3 Å². The fraction of sp³-hybridized carbons (Fsp3) is 0.176. The highest BCUT2D eigenvalue weighted by atomic mass is 32.1. The molecule has 0 saturated heterocycles. The van der Waals surface area contributed by atoms with Crippen molar-refractivity contribution in [3.8, 4) is 0 Å². The van der Waals surface area contributed by atoms with Crippen molar-refractivity contribution in [1.29, 1.82) is 0 Å². The summed E-state index contributed by atoms with van der Waals surface area (Å²) in [5.41, 5.74) is 1.59. The van der Waals surface area contributed by atoms with Crippen LogP contribution in [0.2, 0.25) is 0 Å². The van der Waals surface area contributed by atoms with E-state index in [1.54, 1.807) is 23.4 Å². The second-order valence-corrected chi connectivity index (χ2v) is 7.17. The summed E-state index contributed by atoms with van der Waals surface area (Å²) in [5.74, 6) is -0.385. The number of nitrogens with one attached hydrogen (secondary N) is 1. The predicted octanol–water partition coefficient (Wildman–Crippen LogP) is 3.71. The van der Waals surface area contributed by atoms with Crippen LogP contribution in [0.25, 0.3) is 0 Å². The van der Waals surface area contributed by atoms with Crippen LogP contribution in [-0.4, -0.2) is 21.8 Å². The highest BCUT2D eigenvalue weighted by molar-refractivity contribution is 7.18. The Hall–Kier alpha value is -2.58. The molecule has 3 aromatic rings. The molecule has 0 unspecified atom stereocenters. The lowest BCUT2D eigenvalue weighted by molar-refractivity contribution is -0.116. The zero-order valence-electron chi connectivity index (χ0n) is 13.7. The van der Waals surface area contributed by atoms with Gasteiger partial charge in [0.2, 0.25) is 5.91 Å². The number of hydrogen-bond acceptors (Lipinski definition) is 6. The van der Waals surface area contributed by atoms with Gasteiger partial charge in [0, 0.05) is 18.5 Å². The molecule has 0 bridgehead atoms. The molecule has 25 heavy (non-hydrogen) atoms. The largest absolute Gasteiger partial charge is 0.297 e. The number of amides is 2. The molecule has 1 aromatic carbocycles. The standard InChI is InChI=1S/C17H16N4O2S2/c1-11-14(15(23)20-16-18-8-9-24-16)25-17(19-11)21(12(2)22)10-13-6-4-3-5-7-13/h3-9H,10H2,1-2H3,(H,18,20,23). The Kier molecular flexibility index (Phi) is 5.20. The van der Waals surface area contributed by atoms with E-state index in [0.717, 1.165) is 5.56 Å². The SMILES string of the molecule is CC(=O)N(Cc1ccccc1)c1nc(C)c(C(=O)Nc2nccs2)s1. The summed E-state index contributed by atoms with van der Waals surface area (Å²) >= 11 is 2.55. The average molecular weight is 372 g/mol. The number of carbonyl (C=O) groups excluding carboxylic acids is 2. The Morgan fingerprint density at radius 2 is 2.00 bits per heavy atom. The Labute approximate surface area is 153 Å². The van der Waals surface area contributed by atoms with Crippen molar-refractivity contribution in [2.24, 2.45) is 0 Å². The molecule has 0 aliphatic rings. The van der Waals surface area contributed by atoms with Gasteiger partial charge in [-0.25, -0.2) is 9.97 Å². The number of rotatable bonds is 5. The third-order valence-corrected chi connectivity index (χ3v) is 5.31. The molecule has 3 rings (SSSR count). The molecule has 2 heterocycles. The van der Waals surface area contributed by atoms with Crippen LogP contribution in [0.3, 0.4) is 0 Å². The zero-order valence-corrected chi connectivity index (χ0v) is 15.4. The highest BCUT2D eigenvalue weighted by Crippen LogP contribution is 2.28. The van der Waals surface area contributed by atoms with Gasteiger partial charge in [-0.15, -0.1) is 11.3 Å². The van der Waals surface area contributed by atoms with Gasteiger partial charge in [0.1, 0.15) is 4.88 Å². The van der Waals surface area contributed by atoms with Crippen LogP contribution >= 0.6 is 22.7 Å². The Balaban J connectivity index is 1.83. The van der Waals surface area contributed by atoms with Crippen molar-refractivity contribution < 1.29 is 9.59 Å². The second kappa shape index (κ2) is 7.54. The molecule has 0 radical (unpaired) electrons. The number of thiazole rings is 2. The first-order chi connectivity index (χ1) is 12.0. The van der Waals surface area contributed by atoms with Crippen LogP contribution in [0.5, 0.6) is 0 Å². The average Bonchev–Trinajstić information content (AvgIpc) is 3.23. The van der Waals surface area contributed by atoms with E-state index in [9.17, 15) is 9.59 Å². The number of nitrogens with zero attached hydrogens (tertiary/aromatic N) is 3. The Morgan fingerprint density at radius 1 is 1.24 bits per heavy atom. The predicted molar refractivity (Wildman–Crippen MR) is 100 cm³/mol. The molecule has 0 atom stereocenters. The van der Waals surface area contributed by atoms with Gasteiger partial charge < -0.3 is 0 Å². The number of hydrogen-bond donors (Lipinski definition) is 1. The van der Waals surface area contributed by atoms with Crippen LogP contribution < -0.4 is 10.2 Å². The minimum absolute atomic E-state index is 0.121. The number of carbonyl (C=O) groups is 2. The molecule has 0 fully saturated rings. The lowest BCUT2D eigenvalue weighted by Crippen LogP contribution is -2.27. The Morgan fingerprint density at radius 3 is 2.64 bits per heavy atom. The summed E-state index contributed by atoms with van der Waals surface area (Å²) in [7, 11) is 0. The first kappa shape index (κ1) is 17.2. The lowest BCUT2D eigenvalue weighted by Gasteiger charge is -2.17. The van der Waals surface area contributed by atoms with E-state index < -0.39 is 0 Å². The molecule has 2 aromatic heterocycles. The molecule has 8 heteroatoms. The number of benzene rings is 1. The maximum atomic E-state index is 12.4. The molecular weight excluding hydrogens is 356 g/mol. The molecule has 6 nitrogen and oxygen atoms in total. The summed E-state index contributed by atoms with van der Waals surface area (Å²) in [4.78, 5) is 35.0. The van der Waals surface area contributed by atoms with Crippen molar-refractivity contribution >= 4 is 44.8 Å². The van der Waals surface area contributed by atoms with E-state index in [-0.39, 0.29) is 11.8 Å². The van der Waals surface area contributed by atoms with E-state index >= 15 is 0 Å². The van der Waals surface area contributed by atoms with Crippen LogP contribution in [0, 0.1) is 6.92 Å². The van der Waals surface area contributed by atoms with Crippen LogP contribution in [-0.2, 0) is 11.3 Å². The lowest BCUT2D eigenvalue weighted by atomic mass is 10.2. The second-order valence-electron chi connectivity index (χ2n) is 5.29. The van der Waals surface area contributed by atoms with Crippen LogP contribution in [0.15, 0.2) is 41.9 Å². The van der Waals surface area contributed by atoms with Crippen molar-refractivity contribution in [1.82, 2.24) is 9.97 Å². The molecule has 128 valence electrons. The minimum atomic E-state index is -0.264. The van der Waals surface area contributed by atoms with E-state index in [2.05, 4.69) is 15.3 Å². The van der Waals surface area contributed by atoms with E-state index in [4.69, 9.17) is 0 Å². The maximum Gasteiger partial charge on any atom is 0.269 e. The summed E-state index contributed by atoms with van der Waals surface area (Å²) in [6, 6.07) is 9.68. The summed E-state index contributed by atoms with van der Waals surface area (Å²) in [6.45, 7) is 3.67. The van der Waals surface area contributed by atoms with Gasteiger partial charge >= 0.3 is 0 Å². The van der Waals surface area contributed by atoms with Gasteiger partial charge in [-0.3, -0.25) is 19.8 Å². The Bertz CT molecular complexity index is 875. The number of aryl methyl sites for hydroxylation is 1. The maximum absolute atomic E-state index is 12.4. The van der Waals surface area contributed by atoms with Gasteiger partial charge in [-0.1, -0.05) is 41.7 Å². The third-order valence-electron chi connectivity index (χ3n) is 3.44. The van der Waals surface area contributed by atoms with Gasteiger partial charge in [0.05, 0.1) is 12.2 Å². The molecular formula is C17H16N4O2S2. The highest BCUT2D eigenvalue weighted by Gasteiger charge is 2.22. The molecule has 1 N–H and O–H groups in total. The van der Waals surface area contributed by atoms with E-state index in [1.165, 1.54) is 29.6 Å². The fourth-order valence-electron chi connectivity index (χ4n) is 2.23. The topological polar surface area (TPSA) is 75.2 Å². The van der Waals surface area contributed by atoms with Gasteiger partial charge in [-0.05, 0) is 12.5 Å². The van der Waals surface area contributed by atoms with Gasteiger partial charge in [0.15, 0.2) is 10.3 Å².